The predicted octanol–water partition coefficient (Wildman–Crippen LogP) is 0.273. The molecule has 74 valence electrons. The molecule has 0 saturated carbocycles. The molecule has 5 nitrogen and oxygen atoms in total. The zero-order valence-electron chi connectivity index (χ0n) is 7.44. The number of esters is 2. The van der Waals surface area contributed by atoms with Gasteiger partial charge in [0.15, 0.2) is 0 Å². The summed E-state index contributed by atoms with van der Waals surface area (Å²) in [4.78, 5) is 32.5. The highest BCUT2D eigenvalue weighted by atomic mass is 16.6. The molecule has 1 aliphatic heterocycles. The number of hydrogen-bond acceptors (Lipinski definition) is 4. The molecular weight excluding hydrogens is 188 g/mol. The van der Waals surface area contributed by atoms with Crippen LogP contribution in [0.3, 0.4) is 0 Å². The zero-order chi connectivity index (χ0) is 10.9. The molecule has 1 N–H and O–H groups in total. The zero-order valence-corrected chi connectivity index (χ0v) is 7.44. The first-order valence-electron chi connectivity index (χ1n) is 3.79. The van der Waals surface area contributed by atoms with Crippen molar-refractivity contribution < 1.29 is 24.2 Å². The average Bonchev–Trinajstić information content (AvgIpc) is 2.29. The summed E-state index contributed by atoms with van der Waals surface area (Å²) >= 11 is 0. The van der Waals surface area contributed by atoms with Gasteiger partial charge in [-0.2, -0.15) is 0 Å². The van der Waals surface area contributed by atoms with E-state index in [4.69, 9.17) is 5.11 Å². The molecule has 0 radical (unpaired) electrons. The van der Waals surface area contributed by atoms with Crippen molar-refractivity contribution in [2.45, 2.75) is 6.92 Å². The topological polar surface area (TPSA) is 80.7 Å². The first-order valence-corrected chi connectivity index (χ1v) is 3.79. The Balaban J connectivity index is 3.07. The highest BCUT2D eigenvalue weighted by molar-refractivity contribution is 6.11. The van der Waals surface area contributed by atoms with Crippen molar-refractivity contribution in [3.63, 3.8) is 0 Å². The van der Waals surface area contributed by atoms with Crippen molar-refractivity contribution in [1.82, 2.24) is 0 Å². The van der Waals surface area contributed by atoms with Crippen LogP contribution >= 0.6 is 0 Å². The van der Waals surface area contributed by atoms with Crippen molar-refractivity contribution in [2.24, 2.45) is 5.92 Å². The molecule has 0 bridgehead atoms. The van der Waals surface area contributed by atoms with Crippen LogP contribution in [0.15, 0.2) is 23.8 Å². The van der Waals surface area contributed by atoms with Gasteiger partial charge in [0.1, 0.15) is 5.92 Å². The largest absolute Gasteiger partial charge is 0.481 e. The molecule has 1 heterocycles. The smallest absolute Gasteiger partial charge is 0.343 e. The SMILES string of the molecule is C=C(C)C(C(=O)O)C1=CC(=O)OC1=O. The van der Waals surface area contributed by atoms with Crippen molar-refractivity contribution in [1.29, 1.82) is 0 Å². The average molecular weight is 196 g/mol. The normalized spacial score (nSPS) is 17.4. The van der Waals surface area contributed by atoms with Gasteiger partial charge in [-0.1, -0.05) is 12.2 Å². The Kier molecular flexibility index (Phi) is 2.51. The van der Waals surface area contributed by atoms with Gasteiger partial charge in [-0.3, -0.25) is 4.79 Å². The third-order valence-electron chi connectivity index (χ3n) is 1.75. The van der Waals surface area contributed by atoms with E-state index < -0.39 is 23.8 Å². The second kappa shape index (κ2) is 3.45. The Morgan fingerprint density at radius 3 is 2.43 bits per heavy atom. The Hall–Kier alpha value is -1.91. The maximum atomic E-state index is 11.0. The number of hydrogen-bond donors (Lipinski definition) is 1. The van der Waals surface area contributed by atoms with E-state index in [0.717, 1.165) is 6.08 Å². The van der Waals surface area contributed by atoms with E-state index in [9.17, 15) is 14.4 Å². The fraction of sp³-hybridized carbons (Fsp3) is 0.222. The second-order valence-corrected chi connectivity index (χ2v) is 2.93. The quantitative estimate of drug-likeness (QED) is 0.398. The van der Waals surface area contributed by atoms with E-state index in [1.54, 1.807) is 0 Å². The van der Waals surface area contributed by atoms with Gasteiger partial charge in [0.25, 0.3) is 0 Å². The van der Waals surface area contributed by atoms with Crippen LogP contribution in [0, 0.1) is 5.92 Å². The number of ether oxygens (including phenoxy) is 1. The monoisotopic (exact) mass is 196 g/mol. The number of rotatable bonds is 3. The maximum Gasteiger partial charge on any atom is 0.343 e. The lowest BCUT2D eigenvalue weighted by Gasteiger charge is -2.09. The molecular formula is C9H8O5. The fourth-order valence-electron chi connectivity index (χ4n) is 1.18. The minimum absolute atomic E-state index is 0.171. The summed E-state index contributed by atoms with van der Waals surface area (Å²) in [5.41, 5.74) is 0.102. The lowest BCUT2D eigenvalue weighted by molar-refractivity contribution is -0.152. The van der Waals surface area contributed by atoms with Crippen LogP contribution in [0.25, 0.3) is 0 Å². The molecule has 0 aromatic carbocycles. The molecule has 0 spiro atoms. The molecule has 1 atom stereocenters. The number of carboxylic acid groups (broad SMARTS) is 1. The molecule has 1 aliphatic rings. The lowest BCUT2D eigenvalue weighted by Crippen LogP contribution is -2.20. The summed E-state index contributed by atoms with van der Waals surface area (Å²) in [7, 11) is 0. The Labute approximate surface area is 79.7 Å². The van der Waals surface area contributed by atoms with Gasteiger partial charge in [0.2, 0.25) is 0 Å². The predicted molar refractivity (Wildman–Crippen MR) is 45.1 cm³/mol. The molecule has 1 unspecified atom stereocenters. The Bertz CT molecular complexity index is 349. The fourth-order valence-corrected chi connectivity index (χ4v) is 1.18. The minimum atomic E-state index is -1.23. The summed E-state index contributed by atoms with van der Waals surface area (Å²) in [6, 6.07) is 0. The van der Waals surface area contributed by atoms with Crippen LogP contribution in [0.2, 0.25) is 0 Å². The molecule has 0 amide bonds. The first kappa shape index (κ1) is 10.2. The lowest BCUT2D eigenvalue weighted by atomic mass is 9.93. The standard InChI is InChI=1S/C9H8O5/c1-4(2)7(8(11)12)5-3-6(10)14-9(5)13/h3,7H,1H2,2H3,(H,11,12). The van der Waals surface area contributed by atoms with Crippen molar-refractivity contribution in [3.8, 4) is 0 Å². The summed E-state index contributed by atoms with van der Waals surface area (Å²) in [6.07, 6.45) is 0.885. The summed E-state index contributed by atoms with van der Waals surface area (Å²) in [6.45, 7) is 4.91. The Morgan fingerprint density at radius 1 is 1.57 bits per heavy atom. The van der Waals surface area contributed by atoms with Gasteiger partial charge in [-0.05, 0) is 6.92 Å². The second-order valence-electron chi connectivity index (χ2n) is 2.93. The summed E-state index contributed by atoms with van der Waals surface area (Å²) in [5.74, 6) is -4.15. The van der Waals surface area contributed by atoms with Crippen molar-refractivity contribution in [2.75, 3.05) is 0 Å². The van der Waals surface area contributed by atoms with E-state index in [1.807, 2.05) is 0 Å². The number of carbonyl (C=O) groups is 3. The van der Waals surface area contributed by atoms with E-state index in [-0.39, 0.29) is 11.1 Å². The molecule has 14 heavy (non-hydrogen) atoms. The molecule has 0 fully saturated rings. The van der Waals surface area contributed by atoms with E-state index in [0.29, 0.717) is 0 Å². The number of cyclic esters (lactones) is 2. The van der Waals surface area contributed by atoms with Crippen LogP contribution in [0.1, 0.15) is 6.92 Å². The van der Waals surface area contributed by atoms with Gasteiger partial charge < -0.3 is 9.84 Å². The van der Waals surface area contributed by atoms with E-state index in [2.05, 4.69) is 11.3 Å². The van der Waals surface area contributed by atoms with Crippen LogP contribution in [-0.2, 0) is 19.1 Å². The summed E-state index contributed by atoms with van der Waals surface area (Å²) in [5, 5.41) is 8.79. The van der Waals surface area contributed by atoms with Crippen LogP contribution in [0.4, 0.5) is 0 Å². The van der Waals surface area contributed by atoms with Gasteiger partial charge in [0, 0.05) is 6.08 Å². The third-order valence-corrected chi connectivity index (χ3v) is 1.75. The van der Waals surface area contributed by atoms with Gasteiger partial charge >= 0.3 is 17.9 Å². The van der Waals surface area contributed by atoms with E-state index >= 15 is 0 Å². The van der Waals surface area contributed by atoms with E-state index in [1.165, 1.54) is 6.92 Å². The van der Waals surface area contributed by atoms with Crippen LogP contribution in [0.5, 0.6) is 0 Å². The molecule has 0 aliphatic carbocycles. The molecule has 0 aromatic heterocycles. The molecule has 0 saturated heterocycles. The van der Waals surface area contributed by atoms with Crippen molar-refractivity contribution >= 4 is 17.9 Å². The highest BCUT2D eigenvalue weighted by Crippen LogP contribution is 2.24. The highest BCUT2D eigenvalue weighted by Gasteiger charge is 2.35. The number of aliphatic carboxylic acids is 1. The van der Waals surface area contributed by atoms with Gasteiger partial charge in [-0.15, -0.1) is 0 Å². The molecule has 0 aromatic rings. The number of carbonyl (C=O) groups excluding carboxylic acids is 2. The maximum absolute atomic E-state index is 11.0. The Morgan fingerprint density at radius 2 is 2.14 bits per heavy atom. The number of carboxylic acids is 1. The first-order chi connectivity index (χ1) is 6.43. The van der Waals surface area contributed by atoms with Crippen LogP contribution in [-0.4, -0.2) is 23.0 Å². The minimum Gasteiger partial charge on any atom is -0.481 e. The van der Waals surface area contributed by atoms with Gasteiger partial charge in [0.05, 0.1) is 5.57 Å². The van der Waals surface area contributed by atoms with Crippen LogP contribution < -0.4 is 0 Å². The van der Waals surface area contributed by atoms with Gasteiger partial charge in [-0.25, -0.2) is 9.59 Å². The molecule has 5 heteroatoms. The summed E-state index contributed by atoms with van der Waals surface area (Å²) < 4.78 is 4.18. The van der Waals surface area contributed by atoms with Crippen molar-refractivity contribution in [3.05, 3.63) is 23.8 Å². The third kappa shape index (κ3) is 1.71. The molecule has 1 rings (SSSR count).